The Morgan fingerprint density at radius 2 is 1.65 bits per heavy atom. The lowest BCUT2D eigenvalue weighted by Crippen LogP contribution is -2.12. The third-order valence-electron chi connectivity index (χ3n) is 7.20. The van der Waals surface area contributed by atoms with Crippen molar-refractivity contribution in [3.8, 4) is 21.7 Å². The first-order chi connectivity index (χ1) is 17.7. The SMILES string of the molecule is Cc1sc2ccc(CC(C)C)cc2c1-c1cc2ccnc(-c3cc(C(C)(C)C)c4ccccc4c3)c2s1. The molecule has 3 heteroatoms. The van der Waals surface area contributed by atoms with Crippen LogP contribution in [0.4, 0.5) is 0 Å². The predicted octanol–water partition coefficient (Wildman–Crippen LogP) is 10.8. The molecular formula is C34H33NS2. The zero-order chi connectivity index (χ0) is 25.9. The molecule has 6 rings (SSSR count). The minimum absolute atomic E-state index is 0.0461. The molecule has 0 radical (unpaired) electrons. The third-order valence-corrected chi connectivity index (χ3v) is 9.46. The van der Waals surface area contributed by atoms with Gasteiger partial charge in [0.15, 0.2) is 0 Å². The first kappa shape index (κ1) is 24.3. The van der Waals surface area contributed by atoms with Crippen molar-refractivity contribution < 1.29 is 0 Å². The first-order valence-corrected chi connectivity index (χ1v) is 14.8. The van der Waals surface area contributed by atoms with Crippen LogP contribution in [0.2, 0.25) is 0 Å². The van der Waals surface area contributed by atoms with E-state index in [1.54, 1.807) is 0 Å². The van der Waals surface area contributed by atoms with E-state index in [-0.39, 0.29) is 5.41 Å². The maximum atomic E-state index is 4.95. The van der Waals surface area contributed by atoms with Crippen LogP contribution in [0.3, 0.4) is 0 Å². The average Bonchev–Trinajstić information content (AvgIpc) is 3.41. The van der Waals surface area contributed by atoms with Crippen LogP contribution < -0.4 is 0 Å². The number of nitrogens with zero attached hydrogens (tertiary/aromatic N) is 1. The van der Waals surface area contributed by atoms with Crippen molar-refractivity contribution in [2.45, 2.75) is 53.4 Å². The van der Waals surface area contributed by atoms with Gasteiger partial charge >= 0.3 is 0 Å². The fourth-order valence-electron chi connectivity index (χ4n) is 5.53. The van der Waals surface area contributed by atoms with Crippen LogP contribution in [-0.2, 0) is 11.8 Å². The fraction of sp³-hybridized carbons (Fsp3) is 0.265. The summed E-state index contributed by atoms with van der Waals surface area (Å²) >= 11 is 3.80. The van der Waals surface area contributed by atoms with Crippen LogP contribution in [0.1, 0.15) is 50.6 Å². The van der Waals surface area contributed by atoms with Crippen molar-refractivity contribution in [2.24, 2.45) is 5.92 Å². The quantitative estimate of drug-likeness (QED) is 0.226. The molecule has 0 saturated heterocycles. The average molecular weight is 520 g/mol. The molecule has 0 amide bonds. The van der Waals surface area contributed by atoms with E-state index in [4.69, 9.17) is 4.98 Å². The molecule has 0 saturated carbocycles. The number of hydrogen-bond donors (Lipinski definition) is 0. The predicted molar refractivity (Wildman–Crippen MR) is 165 cm³/mol. The van der Waals surface area contributed by atoms with Crippen LogP contribution in [0.5, 0.6) is 0 Å². The van der Waals surface area contributed by atoms with E-state index in [1.807, 2.05) is 28.9 Å². The lowest BCUT2D eigenvalue weighted by atomic mass is 9.82. The Balaban J connectivity index is 1.55. The van der Waals surface area contributed by atoms with Gasteiger partial charge in [-0.25, -0.2) is 0 Å². The van der Waals surface area contributed by atoms with Gasteiger partial charge in [0.05, 0.1) is 10.4 Å². The number of thiophene rings is 2. The zero-order valence-corrected chi connectivity index (χ0v) is 24.1. The number of rotatable bonds is 4. The van der Waals surface area contributed by atoms with E-state index >= 15 is 0 Å². The molecule has 37 heavy (non-hydrogen) atoms. The number of fused-ring (bicyclic) bond motifs is 3. The summed E-state index contributed by atoms with van der Waals surface area (Å²) < 4.78 is 2.64. The van der Waals surface area contributed by atoms with Gasteiger partial charge in [0.2, 0.25) is 0 Å². The summed E-state index contributed by atoms with van der Waals surface area (Å²) in [6.45, 7) is 13.8. The van der Waals surface area contributed by atoms with Gasteiger partial charge in [0, 0.05) is 37.2 Å². The molecule has 3 heterocycles. The van der Waals surface area contributed by atoms with Crippen molar-refractivity contribution in [2.75, 3.05) is 0 Å². The van der Waals surface area contributed by atoms with Crippen molar-refractivity contribution in [1.29, 1.82) is 0 Å². The largest absolute Gasteiger partial charge is 0.255 e. The van der Waals surface area contributed by atoms with Crippen LogP contribution in [0, 0.1) is 12.8 Å². The van der Waals surface area contributed by atoms with Crippen molar-refractivity contribution in [3.63, 3.8) is 0 Å². The molecule has 0 atom stereocenters. The highest BCUT2D eigenvalue weighted by Gasteiger charge is 2.21. The fourth-order valence-corrected chi connectivity index (χ4v) is 7.94. The molecule has 6 aromatic rings. The van der Waals surface area contributed by atoms with Gasteiger partial charge in [0.1, 0.15) is 0 Å². The monoisotopic (exact) mass is 519 g/mol. The van der Waals surface area contributed by atoms with Gasteiger partial charge in [-0.2, -0.15) is 0 Å². The lowest BCUT2D eigenvalue weighted by molar-refractivity contribution is 0.596. The molecule has 186 valence electrons. The summed E-state index contributed by atoms with van der Waals surface area (Å²) in [5.74, 6) is 0.651. The molecule has 0 N–H and O–H groups in total. The summed E-state index contributed by atoms with van der Waals surface area (Å²) in [6.07, 6.45) is 3.09. The van der Waals surface area contributed by atoms with Crippen LogP contribution in [0.25, 0.3) is 52.6 Å². The molecule has 0 spiro atoms. The molecule has 0 unspecified atom stereocenters. The number of pyridine rings is 1. The Hall–Kier alpha value is -3.01. The molecule has 0 aliphatic rings. The second kappa shape index (κ2) is 9.08. The highest BCUT2D eigenvalue weighted by Crippen LogP contribution is 2.46. The van der Waals surface area contributed by atoms with E-state index in [9.17, 15) is 0 Å². The molecule has 3 aromatic heterocycles. The minimum atomic E-state index is 0.0461. The molecule has 0 bridgehead atoms. The second-order valence-corrected chi connectivity index (χ2v) is 14.0. The molecule has 3 aromatic carbocycles. The van der Waals surface area contributed by atoms with Crippen LogP contribution >= 0.6 is 22.7 Å². The van der Waals surface area contributed by atoms with Crippen LogP contribution in [-0.4, -0.2) is 4.98 Å². The van der Waals surface area contributed by atoms with E-state index in [1.165, 1.54) is 63.0 Å². The Kier molecular flexibility index (Phi) is 5.97. The topological polar surface area (TPSA) is 12.9 Å². The second-order valence-electron chi connectivity index (χ2n) is 11.6. The smallest absolute Gasteiger partial charge is 0.0880 e. The van der Waals surface area contributed by atoms with E-state index in [0.29, 0.717) is 5.92 Å². The first-order valence-electron chi connectivity index (χ1n) is 13.1. The van der Waals surface area contributed by atoms with Gasteiger partial charge in [-0.1, -0.05) is 65.0 Å². The minimum Gasteiger partial charge on any atom is -0.255 e. The van der Waals surface area contributed by atoms with E-state index < -0.39 is 0 Å². The molecule has 0 aliphatic carbocycles. The Morgan fingerprint density at radius 3 is 2.43 bits per heavy atom. The molecular weight excluding hydrogens is 487 g/mol. The molecule has 0 fully saturated rings. The number of hydrogen-bond acceptors (Lipinski definition) is 3. The normalized spacial score (nSPS) is 12.4. The van der Waals surface area contributed by atoms with Crippen molar-refractivity contribution >= 4 is 53.6 Å². The van der Waals surface area contributed by atoms with Gasteiger partial charge in [-0.15, -0.1) is 22.7 Å². The molecule has 0 aliphatic heterocycles. The van der Waals surface area contributed by atoms with E-state index in [0.717, 1.165) is 12.1 Å². The highest BCUT2D eigenvalue weighted by molar-refractivity contribution is 7.24. The van der Waals surface area contributed by atoms with Gasteiger partial charge in [0.25, 0.3) is 0 Å². The summed E-state index contributed by atoms with van der Waals surface area (Å²) in [7, 11) is 0. The van der Waals surface area contributed by atoms with Gasteiger partial charge in [-0.3, -0.25) is 4.98 Å². The number of aryl methyl sites for hydroxylation is 1. The number of aromatic nitrogens is 1. The zero-order valence-electron chi connectivity index (χ0n) is 22.5. The molecule has 1 nitrogen and oxygen atoms in total. The van der Waals surface area contributed by atoms with E-state index in [2.05, 4.69) is 108 Å². The maximum absolute atomic E-state index is 4.95. The lowest BCUT2D eigenvalue weighted by Gasteiger charge is -2.22. The summed E-state index contributed by atoms with van der Waals surface area (Å²) in [4.78, 5) is 7.67. The van der Waals surface area contributed by atoms with Gasteiger partial charge < -0.3 is 0 Å². The Labute approximate surface area is 227 Å². The number of benzene rings is 3. The standard InChI is InChI=1S/C34H33NS2/c1-20(2)15-22-11-12-29-27(16-22)31(21(3)36-29)30-19-24-13-14-35-32(33(24)37-30)25-17-23-9-7-8-10-26(23)28(18-25)34(4,5)6/h7-14,16-20H,15H2,1-6H3. The summed E-state index contributed by atoms with van der Waals surface area (Å²) in [6, 6.07) is 25.0. The Morgan fingerprint density at radius 1 is 0.838 bits per heavy atom. The third kappa shape index (κ3) is 4.39. The summed E-state index contributed by atoms with van der Waals surface area (Å²) in [5.41, 5.74) is 6.53. The maximum Gasteiger partial charge on any atom is 0.0880 e. The van der Waals surface area contributed by atoms with Gasteiger partial charge in [-0.05, 0) is 88.4 Å². The van der Waals surface area contributed by atoms with Crippen molar-refractivity contribution in [3.05, 3.63) is 88.9 Å². The highest BCUT2D eigenvalue weighted by atomic mass is 32.1. The van der Waals surface area contributed by atoms with Crippen molar-refractivity contribution in [1.82, 2.24) is 4.98 Å². The van der Waals surface area contributed by atoms with Crippen LogP contribution in [0.15, 0.2) is 72.9 Å². The Bertz CT molecular complexity index is 1780. The summed E-state index contributed by atoms with van der Waals surface area (Å²) in [5, 5.41) is 5.27.